The van der Waals surface area contributed by atoms with Crippen molar-refractivity contribution in [3.63, 3.8) is 0 Å². The van der Waals surface area contributed by atoms with Gasteiger partial charge >= 0.3 is 0 Å². The molecule has 1 aliphatic carbocycles. The molecule has 1 aliphatic heterocycles. The molecule has 2 aliphatic rings. The second kappa shape index (κ2) is 5.49. The number of carbonyl (C=O) groups excluding carboxylic acids is 2. The Kier molecular flexibility index (Phi) is 3.99. The third kappa shape index (κ3) is 3.70. The van der Waals surface area contributed by atoms with Crippen LogP contribution in [0.4, 0.5) is 0 Å². The first-order valence-corrected chi connectivity index (χ1v) is 6.47. The Balaban J connectivity index is 1.69. The van der Waals surface area contributed by atoms with Crippen LogP contribution < -0.4 is 16.0 Å². The highest BCUT2D eigenvalue weighted by Gasteiger charge is 2.28. The summed E-state index contributed by atoms with van der Waals surface area (Å²) in [6.07, 6.45) is 4.33. The molecule has 2 amide bonds. The second-order valence-corrected chi connectivity index (χ2v) is 5.11. The van der Waals surface area contributed by atoms with Crippen LogP contribution in [0.25, 0.3) is 0 Å². The van der Waals surface area contributed by atoms with Crippen LogP contribution in [0.3, 0.4) is 0 Å². The van der Waals surface area contributed by atoms with Crippen molar-refractivity contribution in [1.82, 2.24) is 16.0 Å². The van der Waals surface area contributed by atoms with E-state index in [4.69, 9.17) is 0 Å². The standard InChI is InChI=1S/C12H21N3O2/c1-8-3-2-6-13-11(8)12(17)14-7-10(16)15-9-4-5-9/h8-9,11,13H,2-7H2,1H3,(H,14,17)(H,15,16). The molecule has 1 heterocycles. The van der Waals surface area contributed by atoms with Crippen LogP contribution in [-0.4, -0.2) is 37.0 Å². The summed E-state index contributed by atoms with van der Waals surface area (Å²) in [7, 11) is 0. The summed E-state index contributed by atoms with van der Waals surface area (Å²) in [5.41, 5.74) is 0. The van der Waals surface area contributed by atoms with Crippen molar-refractivity contribution in [2.75, 3.05) is 13.1 Å². The Labute approximate surface area is 102 Å². The third-order valence-corrected chi connectivity index (χ3v) is 3.42. The Hall–Kier alpha value is -1.10. The molecule has 2 unspecified atom stereocenters. The number of hydrogen-bond acceptors (Lipinski definition) is 3. The van der Waals surface area contributed by atoms with E-state index in [0.29, 0.717) is 12.0 Å². The molecule has 0 aromatic heterocycles. The Morgan fingerprint density at radius 3 is 2.71 bits per heavy atom. The highest BCUT2D eigenvalue weighted by Crippen LogP contribution is 2.18. The molecule has 5 heteroatoms. The topological polar surface area (TPSA) is 70.2 Å². The van der Waals surface area contributed by atoms with Crippen molar-refractivity contribution in [1.29, 1.82) is 0 Å². The lowest BCUT2D eigenvalue weighted by Gasteiger charge is -2.28. The van der Waals surface area contributed by atoms with Crippen molar-refractivity contribution in [3.05, 3.63) is 0 Å². The predicted molar refractivity (Wildman–Crippen MR) is 64.4 cm³/mol. The lowest BCUT2D eigenvalue weighted by molar-refractivity contribution is -0.128. The Morgan fingerprint density at radius 1 is 1.29 bits per heavy atom. The number of nitrogens with one attached hydrogen (secondary N) is 3. The van der Waals surface area contributed by atoms with E-state index in [1.165, 1.54) is 0 Å². The molecule has 0 aromatic rings. The van der Waals surface area contributed by atoms with Gasteiger partial charge in [0, 0.05) is 6.04 Å². The van der Waals surface area contributed by atoms with Gasteiger partial charge in [-0.05, 0) is 38.1 Å². The molecule has 2 atom stereocenters. The van der Waals surface area contributed by atoms with E-state index >= 15 is 0 Å². The van der Waals surface area contributed by atoms with Gasteiger partial charge < -0.3 is 16.0 Å². The van der Waals surface area contributed by atoms with Crippen molar-refractivity contribution in [2.24, 2.45) is 5.92 Å². The van der Waals surface area contributed by atoms with E-state index < -0.39 is 0 Å². The number of amides is 2. The summed E-state index contributed by atoms with van der Waals surface area (Å²) in [5.74, 6) is 0.211. The molecule has 96 valence electrons. The van der Waals surface area contributed by atoms with E-state index in [2.05, 4.69) is 22.9 Å². The molecule has 0 radical (unpaired) electrons. The van der Waals surface area contributed by atoms with Crippen LogP contribution >= 0.6 is 0 Å². The maximum absolute atomic E-state index is 11.9. The molecule has 5 nitrogen and oxygen atoms in total. The Morgan fingerprint density at radius 2 is 2.06 bits per heavy atom. The normalized spacial score (nSPS) is 28.5. The van der Waals surface area contributed by atoms with Gasteiger partial charge in [0.15, 0.2) is 0 Å². The molecule has 1 saturated heterocycles. The van der Waals surface area contributed by atoms with Crippen LogP contribution in [0.1, 0.15) is 32.6 Å². The first kappa shape index (κ1) is 12.4. The van der Waals surface area contributed by atoms with Crippen molar-refractivity contribution >= 4 is 11.8 Å². The number of carbonyl (C=O) groups is 2. The zero-order chi connectivity index (χ0) is 12.3. The highest BCUT2D eigenvalue weighted by molar-refractivity contribution is 5.87. The minimum absolute atomic E-state index is 0.0526. The van der Waals surface area contributed by atoms with Crippen LogP contribution in [0.2, 0.25) is 0 Å². The van der Waals surface area contributed by atoms with Gasteiger partial charge in [0.2, 0.25) is 11.8 Å². The molecular weight excluding hydrogens is 218 g/mol. The lowest BCUT2D eigenvalue weighted by atomic mass is 9.92. The summed E-state index contributed by atoms with van der Waals surface area (Å²) in [6, 6.07) is 0.212. The summed E-state index contributed by atoms with van der Waals surface area (Å²) in [6.45, 7) is 3.05. The molecule has 17 heavy (non-hydrogen) atoms. The summed E-state index contributed by atoms with van der Waals surface area (Å²) < 4.78 is 0. The fourth-order valence-corrected chi connectivity index (χ4v) is 2.18. The minimum Gasteiger partial charge on any atom is -0.352 e. The quantitative estimate of drug-likeness (QED) is 0.634. The predicted octanol–water partition coefficient (Wildman–Crippen LogP) is -0.231. The Bertz CT molecular complexity index is 302. The van der Waals surface area contributed by atoms with E-state index in [0.717, 1.165) is 32.2 Å². The van der Waals surface area contributed by atoms with E-state index in [1.54, 1.807) is 0 Å². The molecule has 2 rings (SSSR count). The first-order chi connectivity index (χ1) is 8.16. The van der Waals surface area contributed by atoms with Gasteiger partial charge in [0.25, 0.3) is 0 Å². The smallest absolute Gasteiger partial charge is 0.239 e. The van der Waals surface area contributed by atoms with Gasteiger partial charge in [0.1, 0.15) is 0 Å². The summed E-state index contributed by atoms with van der Waals surface area (Å²) in [4.78, 5) is 23.3. The van der Waals surface area contributed by atoms with Gasteiger partial charge in [-0.1, -0.05) is 6.92 Å². The summed E-state index contributed by atoms with van der Waals surface area (Å²) >= 11 is 0. The largest absolute Gasteiger partial charge is 0.352 e. The number of hydrogen-bond donors (Lipinski definition) is 3. The number of piperidine rings is 1. The van der Waals surface area contributed by atoms with Crippen molar-refractivity contribution < 1.29 is 9.59 Å². The average molecular weight is 239 g/mol. The van der Waals surface area contributed by atoms with Gasteiger partial charge in [-0.3, -0.25) is 9.59 Å². The van der Waals surface area contributed by atoms with Crippen LogP contribution in [0.5, 0.6) is 0 Å². The molecular formula is C12H21N3O2. The van der Waals surface area contributed by atoms with Crippen molar-refractivity contribution in [2.45, 2.75) is 44.7 Å². The summed E-state index contributed by atoms with van der Waals surface area (Å²) in [5, 5.41) is 8.75. The monoisotopic (exact) mass is 239 g/mol. The zero-order valence-corrected chi connectivity index (χ0v) is 10.3. The average Bonchev–Trinajstić information content (AvgIpc) is 3.10. The fourth-order valence-electron chi connectivity index (χ4n) is 2.18. The highest BCUT2D eigenvalue weighted by atomic mass is 16.2. The molecule has 3 N–H and O–H groups in total. The lowest BCUT2D eigenvalue weighted by Crippen LogP contribution is -2.52. The van der Waals surface area contributed by atoms with E-state index in [-0.39, 0.29) is 24.4 Å². The third-order valence-electron chi connectivity index (χ3n) is 3.42. The fraction of sp³-hybridized carbons (Fsp3) is 0.833. The van der Waals surface area contributed by atoms with Crippen molar-refractivity contribution in [3.8, 4) is 0 Å². The van der Waals surface area contributed by atoms with Crippen LogP contribution in [0, 0.1) is 5.92 Å². The van der Waals surface area contributed by atoms with E-state index in [1.807, 2.05) is 0 Å². The maximum atomic E-state index is 11.9. The molecule has 0 bridgehead atoms. The van der Waals surface area contributed by atoms with E-state index in [9.17, 15) is 9.59 Å². The number of rotatable bonds is 4. The van der Waals surface area contributed by atoms with Crippen LogP contribution in [0.15, 0.2) is 0 Å². The van der Waals surface area contributed by atoms with Crippen LogP contribution in [-0.2, 0) is 9.59 Å². The SMILES string of the molecule is CC1CCCNC1C(=O)NCC(=O)NC1CC1. The molecule has 1 saturated carbocycles. The van der Waals surface area contributed by atoms with Gasteiger partial charge in [-0.15, -0.1) is 0 Å². The minimum atomic E-state index is -0.141. The van der Waals surface area contributed by atoms with Gasteiger partial charge in [-0.2, -0.15) is 0 Å². The first-order valence-electron chi connectivity index (χ1n) is 6.47. The van der Waals surface area contributed by atoms with Gasteiger partial charge in [-0.25, -0.2) is 0 Å². The van der Waals surface area contributed by atoms with Gasteiger partial charge in [0.05, 0.1) is 12.6 Å². The second-order valence-electron chi connectivity index (χ2n) is 5.11. The molecule has 2 fully saturated rings. The maximum Gasteiger partial charge on any atom is 0.239 e. The zero-order valence-electron chi connectivity index (χ0n) is 10.3. The molecule has 0 spiro atoms. The molecule has 0 aromatic carbocycles.